The molecule has 5 nitrogen and oxygen atoms in total. The van der Waals surface area contributed by atoms with Gasteiger partial charge in [-0.1, -0.05) is 13.8 Å². The maximum absolute atomic E-state index is 9.74. The normalized spacial score (nSPS) is 20.7. The molecule has 5 heteroatoms. The lowest BCUT2D eigenvalue weighted by molar-refractivity contribution is -0.0164. The van der Waals surface area contributed by atoms with E-state index in [1.54, 1.807) is 0 Å². The number of rotatable bonds is 12. The zero-order valence-corrected chi connectivity index (χ0v) is 13.0. The predicted molar refractivity (Wildman–Crippen MR) is 78.9 cm³/mol. The van der Waals surface area contributed by atoms with E-state index in [0.717, 1.165) is 45.6 Å². The lowest BCUT2D eigenvalue weighted by Gasteiger charge is -2.14. The Morgan fingerprint density at radius 3 is 2.85 bits per heavy atom. The van der Waals surface area contributed by atoms with Crippen LogP contribution in [0.5, 0.6) is 0 Å². The molecule has 1 saturated heterocycles. The van der Waals surface area contributed by atoms with E-state index in [9.17, 15) is 5.11 Å². The van der Waals surface area contributed by atoms with Crippen molar-refractivity contribution in [3.05, 3.63) is 0 Å². The van der Waals surface area contributed by atoms with Gasteiger partial charge in [0, 0.05) is 26.4 Å². The Balaban J connectivity index is 1.81. The van der Waals surface area contributed by atoms with Crippen LogP contribution in [0.3, 0.4) is 0 Å². The first-order valence-corrected chi connectivity index (χ1v) is 7.84. The van der Waals surface area contributed by atoms with Gasteiger partial charge in [0.25, 0.3) is 0 Å². The Morgan fingerprint density at radius 1 is 1.30 bits per heavy atom. The summed E-state index contributed by atoms with van der Waals surface area (Å²) in [5.74, 6) is 0.589. The third kappa shape index (κ3) is 9.66. The average molecular weight is 289 g/mol. The van der Waals surface area contributed by atoms with Crippen molar-refractivity contribution >= 4 is 0 Å². The Labute approximate surface area is 123 Å². The summed E-state index contributed by atoms with van der Waals surface area (Å²) in [6.45, 7) is 9.12. The number of nitrogens with one attached hydrogen (secondary N) is 1. The molecule has 1 aliphatic rings. The molecule has 0 amide bonds. The number of ether oxygens (including phenoxy) is 3. The van der Waals surface area contributed by atoms with Gasteiger partial charge in [0.05, 0.1) is 25.4 Å². The number of aliphatic hydroxyl groups is 1. The molecule has 0 aromatic carbocycles. The van der Waals surface area contributed by atoms with Gasteiger partial charge < -0.3 is 24.6 Å². The lowest BCUT2D eigenvalue weighted by Crippen LogP contribution is -2.32. The van der Waals surface area contributed by atoms with Crippen molar-refractivity contribution in [3.63, 3.8) is 0 Å². The average Bonchev–Trinajstić information content (AvgIpc) is 2.90. The van der Waals surface area contributed by atoms with Crippen molar-refractivity contribution in [3.8, 4) is 0 Å². The van der Waals surface area contributed by atoms with Crippen LogP contribution < -0.4 is 5.32 Å². The Morgan fingerprint density at radius 2 is 2.15 bits per heavy atom. The van der Waals surface area contributed by atoms with E-state index in [0.29, 0.717) is 25.7 Å². The van der Waals surface area contributed by atoms with Crippen molar-refractivity contribution in [2.24, 2.45) is 5.92 Å². The molecule has 20 heavy (non-hydrogen) atoms. The lowest BCUT2D eigenvalue weighted by atomic mass is 10.2. The highest BCUT2D eigenvalue weighted by Crippen LogP contribution is 2.11. The summed E-state index contributed by atoms with van der Waals surface area (Å²) in [5, 5.41) is 12.9. The Kier molecular flexibility index (Phi) is 10.2. The zero-order valence-electron chi connectivity index (χ0n) is 13.0. The quantitative estimate of drug-likeness (QED) is 0.529. The fourth-order valence-corrected chi connectivity index (χ4v) is 2.06. The zero-order chi connectivity index (χ0) is 14.6. The highest BCUT2D eigenvalue weighted by molar-refractivity contribution is 4.65. The largest absolute Gasteiger partial charge is 0.389 e. The van der Waals surface area contributed by atoms with E-state index in [1.165, 1.54) is 0 Å². The van der Waals surface area contributed by atoms with Crippen LogP contribution in [0, 0.1) is 5.92 Å². The molecule has 1 heterocycles. The van der Waals surface area contributed by atoms with Gasteiger partial charge >= 0.3 is 0 Å². The van der Waals surface area contributed by atoms with Gasteiger partial charge in [0.15, 0.2) is 0 Å². The van der Waals surface area contributed by atoms with Gasteiger partial charge in [0.1, 0.15) is 0 Å². The number of hydrogen-bond donors (Lipinski definition) is 2. The van der Waals surface area contributed by atoms with Crippen molar-refractivity contribution in [1.82, 2.24) is 5.32 Å². The van der Waals surface area contributed by atoms with Crippen LogP contribution in [-0.2, 0) is 14.2 Å². The topological polar surface area (TPSA) is 60.0 Å². The maximum Gasteiger partial charge on any atom is 0.0897 e. The smallest absolute Gasteiger partial charge is 0.0897 e. The molecule has 0 aliphatic carbocycles. The number of aliphatic hydroxyl groups excluding tert-OH is 1. The Bertz CT molecular complexity index is 220. The van der Waals surface area contributed by atoms with Gasteiger partial charge in [-0.25, -0.2) is 0 Å². The monoisotopic (exact) mass is 289 g/mol. The summed E-state index contributed by atoms with van der Waals surface area (Å²) >= 11 is 0. The van der Waals surface area contributed by atoms with Crippen LogP contribution in [0.1, 0.15) is 33.1 Å². The molecule has 1 fully saturated rings. The van der Waals surface area contributed by atoms with Gasteiger partial charge in [0.2, 0.25) is 0 Å². The van der Waals surface area contributed by atoms with Gasteiger partial charge in [-0.3, -0.25) is 0 Å². The fourth-order valence-electron chi connectivity index (χ4n) is 2.06. The molecule has 0 radical (unpaired) electrons. The van der Waals surface area contributed by atoms with Crippen LogP contribution >= 0.6 is 0 Å². The summed E-state index contributed by atoms with van der Waals surface area (Å²) in [7, 11) is 0. The Hall–Kier alpha value is -0.200. The van der Waals surface area contributed by atoms with Gasteiger partial charge in [-0.2, -0.15) is 0 Å². The maximum atomic E-state index is 9.74. The van der Waals surface area contributed by atoms with Crippen molar-refractivity contribution < 1.29 is 19.3 Å². The molecule has 2 N–H and O–H groups in total. The molecule has 1 aliphatic heterocycles. The van der Waals surface area contributed by atoms with E-state index >= 15 is 0 Å². The van der Waals surface area contributed by atoms with Crippen molar-refractivity contribution in [2.45, 2.75) is 45.3 Å². The van der Waals surface area contributed by atoms with E-state index in [2.05, 4.69) is 19.2 Å². The molecule has 0 aromatic rings. The molecule has 120 valence electrons. The van der Waals surface area contributed by atoms with Gasteiger partial charge in [-0.05, 0) is 31.7 Å². The highest BCUT2D eigenvalue weighted by Gasteiger charge is 2.15. The first-order chi connectivity index (χ1) is 9.68. The second kappa shape index (κ2) is 11.5. The summed E-state index contributed by atoms with van der Waals surface area (Å²) in [5.41, 5.74) is 0. The minimum Gasteiger partial charge on any atom is -0.389 e. The summed E-state index contributed by atoms with van der Waals surface area (Å²) in [6, 6.07) is 0. The van der Waals surface area contributed by atoms with E-state index in [-0.39, 0.29) is 6.10 Å². The molecule has 1 rings (SSSR count). The minimum atomic E-state index is -0.451. The second-order valence-corrected chi connectivity index (χ2v) is 5.85. The van der Waals surface area contributed by atoms with E-state index in [1.807, 2.05) is 0 Å². The molecule has 2 unspecified atom stereocenters. The SMILES string of the molecule is CC(C)COCCCNCC(O)COCC1CCCO1. The third-order valence-corrected chi connectivity index (χ3v) is 3.11. The first kappa shape index (κ1) is 17.9. The summed E-state index contributed by atoms with van der Waals surface area (Å²) in [4.78, 5) is 0. The van der Waals surface area contributed by atoms with Crippen LogP contribution in [0.15, 0.2) is 0 Å². The third-order valence-electron chi connectivity index (χ3n) is 3.11. The van der Waals surface area contributed by atoms with Crippen molar-refractivity contribution in [1.29, 1.82) is 0 Å². The molecular formula is C15H31NO4. The minimum absolute atomic E-state index is 0.230. The van der Waals surface area contributed by atoms with Crippen LogP contribution in [0.25, 0.3) is 0 Å². The second-order valence-electron chi connectivity index (χ2n) is 5.85. The number of hydrogen-bond acceptors (Lipinski definition) is 5. The standard InChI is InChI=1S/C15H31NO4/c1-13(2)10-18-7-4-6-16-9-14(17)11-19-12-15-5-3-8-20-15/h13-17H,3-12H2,1-2H3. The van der Waals surface area contributed by atoms with Crippen LogP contribution in [-0.4, -0.2) is 63.4 Å². The molecule has 0 bridgehead atoms. The first-order valence-electron chi connectivity index (χ1n) is 7.84. The highest BCUT2D eigenvalue weighted by atomic mass is 16.5. The van der Waals surface area contributed by atoms with Crippen LogP contribution in [0.4, 0.5) is 0 Å². The molecule has 0 spiro atoms. The van der Waals surface area contributed by atoms with Crippen LogP contribution in [0.2, 0.25) is 0 Å². The molecule has 2 atom stereocenters. The van der Waals surface area contributed by atoms with E-state index < -0.39 is 6.10 Å². The predicted octanol–water partition coefficient (Wildman–Crippen LogP) is 1.20. The van der Waals surface area contributed by atoms with Gasteiger partial charge in [-0.15, -0.1) is 0 Å². The summed E-state index contributed by atoms with van der Waals surface area (Å²) in [6.07, 6.45) is 2.94. The molecule has 0 saturated carbocycles. The molecular weight excluding hydrogens is 258 g/mol. The van der Waals surface area contributed by atoms with E-state index in [4.69, 9.17) is 14.2 Å². The van der Waals surface area contributed by atoms with Crippen molar-refractivity contribution in [2.75, 3.05) is 46.1 Å². The fraction of sp³-hybridized carbons (Fsp3) is 1.00. The molecule has 0 aromatic heterocycles. The summed E-state index contributed by atoms with van der Waals surface area (Å²) < 4.78 is 16.4.